The molecule has 0 spiro atoms. The Morgan fingerprint density at radius 2 is 1.47 bits per heavy atom. The van der Waals surface area contributed by atoms with E-state index in [1.54, 1.807) is 0 Å². The Morgan fingerprint density at radius 3 is 2.05 bits per heavy atom. The zero-order valence-corrected chi connectivity index (χ0v) is 9.71. The number of hydrogen-bond donors (Lipinski definition) is 1. The van der Waals surface area contributed by atoms with E-state index in [1.165, 1.54) is 12.1 Å². The van der Waals surface area contributed by atoms with Crippen LogP contribution in [0.2, 0.25) is 0 Å². The molecule has 2 aromatic carbocycles. The first-order valence-electron chi connectivity index (χ1n) is 5.55. The maximum atomic E-state index is 13.4. The predicted octanol–water partition coefficient (Wildman–Crippen LogP) is 3.52. The van der Waals surface area contributed by atoms with Crippen molar-refractivity contribution in [3.63, 3.8) is 0 Å². The largest absolute Gasteiger partial charge is 0.388 e. The van der Waals surface area contributed by atoms with Crippen LogP contribution >= 0.6 is 0 Å². The average molecular weight is 270 g/mol. The quantitative estimate of drug-likeness (QED) is 0.846. The molecule has 1 nitrogen and oxygen atoms in total. The van der Waals surface area contributed by atoms with E-state index >= 15 is 0 Å². The summed E-state index contributed by atoms with van der Waals surface area (Å²) in [6.45, 7) is 0. The van der Waals surface area contributed by atoms with Crippen molar-refractivity contribution >= 4 is 0 Å². The Labute approximate surface area is 107 Å². The van der Waals surface area contributed by atoms with Crippen LogP contribution in [-0.2, 0) is 6.42 Å². The summed E-state index contributed by atoms with van der Waals surface area (Å²) in [4.78, 5) is 0. The summed E-state index contributed by atoms with van der Waals surface area (Å²) in [5.41, 5.74) is -0.235. The van der Waals surface area contributed by atoms with Gasteiger partial charge in [-0.15, -0.1) is 0 Å². The van der Waals surface area contributed by atoms with Crippen molar-refractivity contribution in [3.05, 3.63) is 70.8 Å². The Balaban J connectivity index is 2.25. The molecular formula is C14H10F4O. The molecule has 2 rings (SSSR count). The molecule has 19 heavy (non-hydrogen) atoms. The van der Waals surface area contributed by atoms with E-state index in [0.29, 0.717) is 0 Å². The molecule has 5 heteroatoms. The first kappa shape index (κ1) is 13.5. The molecule has 0 aromatic heterocycles. The molecule has 1 unspecified atom stereocenters. The zero-order valence-electron chi connectivity index (χ0n) is 9.71. The highest BCUT2D eigenvalue weighted by Crippen LogP contribution is 2.24. The Kier molecular flexibility index (Phi) is 3.85. The zero-order chi connectivity index (χ0) is 14.0. The highest BCUT2D eigenvalue weighted by molar-refractivity contribution is 5.25. The van der Waals surface area contributed by atoms with Crippen molar-refractivity contribution < 1.29 is 22.7 Å². The first-order valence-corrected chi connectivity index (χ1v) is 5.55. The maximum Gasteiger partial charge on any atom is 0.159 e. The maximum absolute atomic E-state index is 13.4. The summed E-state index contributed by atoms with van der Waals surface area (Å²) in [7, 11) is 0. The van der Waals surface area contributed by atoms with Crippen molar-refractivity contribution in [3.8, 4) is 0 Å². The second kappa shape index (κ2) is 5.40. The van der Waals surface area contributed by atoms with Crippen LogP contribution in [0.1, 0.15) is 17.2 Å². The molecule has 2 aromatic rings. The van der Waals surface area contributed by atoms with Crippen LogP contribution < -0.4 is 0 Å². The van der Waals surface area contributed by atoms with Gasteiger partial charge in [0.05, 0.1) is 11.7 Å². The summed E-state index contributed by atoms with van der Waals surface area (Å²) in [5, 5.41) is 9.80. The summed E-state index contributed by atoms with van der Waals surface area (Å²) in [6, 6.07) is 6.25. The highest BCUT2D eigenvalue weighted by atomic mass is 19.2. The van der Waals surface area contributed by atoms with Crippen molar-refractivity contribution in [2.45, 2.75) is 12.5 Å². The lowest BCUT2D eigenvalue weighted by atomic mass is 10.0. The number of aliphatic hydroxyl groups excluding tert-OH is 1. The molecule has 0 heterocycles. The van der Waals surface area contributed by atoms with Gasteiger partial charge in [0.1, 0.15) is 11.6 Å². The Hall–Kier alpha value is -1.88. The smallest absolute Gasteiger partial charge is 0.159 e. The third kappa shape index (κ3) is 2.93. The topological polar surface area (TPSA) is 20.2 Å². The summed E-state index contributed by atoms with van der Waals surface area (Å²) < 4.78 is 52.5. The number of benzene rings is 2. The second-order valence-electron chi connectivity index (χ2n) is 4.10. The van der Waals surface area contributed by atoms with Crippen LogP contribution in [0.5, 0.6) is 0 Å². The molecule has 0 saturated heterocycles. The standard InChI is InChI=1S/C14H10F4O/c15-9-5-4-8(6-12(9)18)7-13(19)14-10(16)2-1-3-11(14)17/h1-6,13,19H,7H2. The van der Waals surface area contributed by atoms with Gasteiger partial charge in [-0.1, -0.05) is 12.1 Å². The summed E-state index contributed by atoms with van der Waals surface area (Å²) >= 11 is 0. The van der Waals surface area contributed by atoms with Crippen LogP contribution in [0.25, 0.3) is 0 Å². The van der Waals surface area contributed by atoms with Gasteiger partial charge in [0, 0.05) is 6.42 Å². The molecule has 0 saturated carbocycles. The van der Waals surface area contributed by atoms with E-state index in [9.17, 15) is 22.7 Å². The fourth-order valence-corrected chi connectivity index (χ4v) is 1.82. The van der Waals surface area contributed by atoms with Crippen LogP contribution in [0.4, 0.5) is 17.6 Å². The SMILES string of the molecule is OC(Cc1ccc(F)c(F)c1)c1c(F)cccc1F. The van der Waals surface area contributed by atoms with Crippen molar-refractivity contribution in [2.75, 3.05) is 0 Å². The number of aliphatic hydroxyl groups is 1. The van der Waals surface area contributed by atoms with Crippen molar-refractivity contribution in [1.82, 2.24) is 0 Å². The van der Waals surface area contributed by atoms with Gasteiger partial charge in [-0.3, -0.25) is 0 Å². The third-order valence-corrected chi connectivity index (χ3v) is 2.75. The lowest BCUT2D eigenvalue weighted by Gasteiger charge is -2.13. The number of rotatable bonds is 3. The summed E-state index contributed by atoms with van der Waals surface area (Å²) in [6.07, 6.45) is -1.68. The Bertz CT molecular complexity index is 578. The second-order valence-corrected chi connectivity index (χ2v) is 4.10. The monoisotopic (exact) mass is 270 g/mol. The van der Waals surface area contributed by atoms with Gasteiger partial charge < -0.3 is 5.11 Å². The predicted molar refractivity (Wildman–Crippen MR) is 61.4 cm³/mol. The van der Waals surface area contributed by atoms with Crippen LogP contribution in [0.3, 0.4) is 0 Å². The number of hydrogen-bond acceptors (Lipinski definition) is 1. The van der Waals surface area contributed by atoms with Gasteiger partial charge in [0.15, 0.2) is 11.6 Å². The van der Waals surface area contributed by atoms with Crippen LogP contribution in [0, 0.1) is 23.3 Å². The molecule has 100 valence electrons. The summed E-state index contributed by atoms with van der Waals surface area (Å²) in [5.74, 6) is -3.85. The molecule has 0 aliphatic rings. The lowest BCUT2D eigenvalue weighted by Crippen LogP contribution is -2.07. The normalized spacial score (nSPS) is 12.5. The van der Waals surface area contributed by atoms with Crippen LogP contribution in [0.15, 0.2) is 36.4 Å². The average Bonchev–Trinajstić information content (AvgIpc) is 2.33. The molecule has 0 fully saturated rings. The fraction of sp³-hybridized carbons (Fsp3) is 0.143. The van der Waals surface area contributed by atoms with E-state index in [1.807, 2.05) is 0 Å². The van der Waals surface area contributed by atoms with Gasteiger partial charge in [-0.05, 0) is 29.8 Å². The third-order valence-electron chi connectivity index (χ3n) is 2.75. The van der Waals surface area contributed by atoms with Gasteiger partial charge in [-0.2, -0.15) is 0 Å². The highest BCUT2D eigenvalue weighted by Gasteiger charge is 2.18. The van der Waals surface area contributed by atoms with Gasteiger partial charge in [0.2, 0.25) is 0 Å². The molecule has 0 amide bonds. The molecule has 0 bridgehead atoms. The van der Waals surface area contributed by atoms with E-state index in [0.717, 1.165) is 24.3 Å². The minimum Gasteiger partial charge on any atom is -0.388 e. The van der Waals surface area contributed by atoms with E-state index < -0.39 is 34.9 Å². The van der Waals surface area contributed by atoms with E-state index in [2.05, 4.69) is 0 Å². The van der Waals surface area contributed by atoms with Gasteiger partial charge >= 0.3 is 0 Å². The number of halogens is 4. The molecule has 0 aliphatic carbocycles. The van der Waals surface area contributed by atoms with E-state index in [-0.39, 0.29) is 12.0 Å². The fourth-order valence-electron chi connectivity index (χ4n) is 1.82. The molecule has 1 N–H and O–H groups in total. The van der Waals surface area contributed by atoms with Crippen molar-refractivity contribution in [1.29, 1.82) is 0 Å². The van der Waals surface area contributed by atoms with Crippen LogP contribution in [-0.4, -0.2) is 5.11 Å². The van der Waals surface area contributed by atoms with Gasteiger partial charge in [-0.25, -0.2) is 17.6 Å². The van der Waals surface area contributed by atoms with E-state index in [4.69, 9.17) is 0 Å². The molecule has 1 atom stereocenters. The Morgan fingerprint density at radius 1 is 0.842 bits per heavy atom. The minimum absolute atomic E-state index is 0.213. The first-order chi connectivity index (χ1) is 8.99. The minimum atomic E-state index is -1.47. The van der Waals surface area contributed by atoms with Gasteiger partial charge in [0.25, 0.3) is 0 Å². The molecular weight excluding hydrogens is 260 g/mol. The molecule has 0 aliphatic heterocycles. The lowest BCUT2D eigenvalue weighted by molar-refractivity contribution is 0.168. The molecule has 0 radical (unpaired) electrons. The van der Waals surface area contributed by atoms with Crippen molar-refractivity contribution in [2.24, 2.45) is 0 Å².